The van der Waals surface area contributed by atoms with Crippen molar-refractivity contribution < 1.29 is 43.2 Å². The molecule has 0 fully saturated rings. The number of rotatable bonds is 25. The lowest BCUT2D eigenvalue weighted by molar-refractivity contribution is -0.137. The van der Waals surface area contributed by atoms with E-state index in [1.165, 1.54) is 0 Å². The van der Waals surface area contributed by atoms with E-state index in [9.17, 15) is 19.2 Å². The number of carboxylic acids is 1. The van der Waals surface area contributed by atoms with Crippen LogP contribution < -0.4 is 16.0 Å². The molecular weight excluding hydrogens is 530 g/mol. The molecule has 0 saturated carbocycles. The number of carbonyl (C=O) groups is 4. The van der Waals surface area contributed by atoms with Crippen LogP contribution in [0, 0.1) is 0 Å². The van der Waals surface area contributed by atoms with Crippen molar-refractivity contribution in [2.75, 3.05) is 77.8 Å². The molecule has 0 aliphatic heterocycles. The molecule has 0 bridgehead atoms. The molecule has 0 radical (unpaired) electrons. The second kappa shape index (κ2) is 25.3. The third-order valence-corrected chi connectivity index (χ3v) is 4.85. The lowest BCUT2D eigenvalue weighted by Gasteiger charge is -2.08. The molecule has 0 spiro atoms. The van der Waals surface area contributed by atoms with Gasteiger partial charge in [0.1, 0.15) is 0 Å². The Balaban J connectivity index is 3.29. The summed E-state index contributed by atoms with van der Waals surface area (Å²) in [7, 11) is 0. The van der Waals surface area contributed by atoms with Crippen LogP contribution in [0.2, 0.25) is 0 Å². The molecule has 12 nitrogen and oxygen atoms in total. The molecule has 0 aromatic rings. The summed E-state index contributed by atoms with van der Waals surface area (Å²) in [6.45, 7) is 4.20. The Morgan fingerprint density at radius 3 is 1.49 bits per heavy atom. The van der Waals surface area contributed by atoms with Gasteiger partial charge in [-0.1, -0.05) is 22.4 Å². The highest BCUT2D eigenvalue weighted by atomic mass is 79.9. The molecule has 13 heteroatoms. The summed E-state index contributed by atoms with van der Waals surface area (Å²) in [5.74, 6) is -1.12. The fourth-order valence-electron chi connectivity index (χ4n) is 2.53. The zero-order chi connectivity index (χ0) is 26.0. The van der Waals surface area contributed by atoms with Gasteiger partial charge in [-0.3, -0.25) is 19.2 Å². The standard InChI is InChI=1S/C22H40BrN3O9/c23-18-21(29)26-9-13-35-17-15-33-11-6-20(28)25-8-12-34-16-14-32-10-5-19(27)24-7-3-1-2-4-22(30)31/h1-18H2,(H,24,27)(H,25,28)(H,26,29)(H,30,31). The summed E-state index contributed by atoms with van der Waals surface area (Å²) < 4.78 is 21.3. The summed E-state index contributed by atoms with van der Waals surface area (Å²) >= 11 is 3.05. The number of halogens is 1. The quantitative estimate of drug-likeness (QED) is 0.0889. The van der Waals surface area contributed by atoms with Crippen molar-refractivity contribution in [2.24, 2.45) is 0 Å². The van der Waals surface area contributed by atoms with Gasteiger partial charge in [0, 0.05) is 38.9 Å². The van der Waals surface area contributed by atoms with E-state index in [2.05, 4.69) is 31.9 Å². The van der Waals surface area contributed by atoms with Gasteiger partial charge in [0.05, 0.1) is 58.2 Å². The minimum Gasteiger partial charge on any atom is -0.481 e. The van der Waals surface area contributed by atoms with Crippen LogP contribution in [-0.2, 0) is 38.1 Å². The van der Waals surface area contributed by atoms with Crippen molar-refractivity contribution >= 4 is 39.6 Å². The van der Waals surface area contributed by atoms with E-state index in [-0.39, 0.29) is 42.3 Å². The van der Waals surface area contributed by atoms with Crippen molar-refractivity contribution in [2.45, 2.75) is 38.5 Å². The number of nitrogens with one attached hydrogen (secondary N) is 3. The van der Waals surface area contributed by atoms with Crippen LogP contribution in [0.3, 0.4) is 0 Å². The monoisotopic (exact) mass is 569 g/mol. The first kappa shape index (κ1) is 33.2. The summed E-state index contributed by atoms with van der Waals surface area (Å²) in [6.07, 6.45) is 2.81. The van der Waals surface area contributed by atoms with Crippen LogP contribution >= 0.6 is 15.9 Å². The van der Waals surface area contributed by atoms with Gasteiger partial charge in [-0.25, -0.2) is 0 Å². The maximum absolute atomic E-state index is 11.7. The third-order valence-electron chi connectivity index (χ3n) is 4.34. The normalized spacial score (nSPS) is 10.7. The van der Waals surface area contributed by atoms with Crippen LogP contribution in [0.4, 0.5) is 0 Å². The smallest absolute Gasteiger partial charge is 0.303 e. The first-order valence-electron chi connectivity index (χ1n) is 11.8. The van der Waals surface area contributed by atoms with E-state index < -0.39 is 5.97 Å². The van der Waals surface area contributed by atoms with Crippen molar-refractivity contribution in [3.8, 4) is 0 Å². The Morgan fingerprint density at radius 2 is 1.00 bits per heavy atom. The van der Waals surface area contributed by atoms with Gasteiger partial charge in [0.2, 0.25) is 17.7 Å². The zero-order valence-electron chi connectivity index (χ0n) is 20.3. The van der Waals surface area contributed by atoms with Crippen LogP contribution in [0.25, 0.3) is 0 Å². The number of aliphatic carboxylic acids is 1. The van der Waals surface area contributed by atoms with Crippen LogP contribution in [0.1, 0.15) is 38.5 Å². The first-order valence-corrected chi connectivity index (χ1v) is 13.0. The van der Waals surface area contributed by atoms with Gasteiger partial charge in [-0.2, -0.15) is 0 Å². The number of amides is 3. The molecule has 204 valence electrons. The Kier molecular flexibility index (Phi) is 24.0. The fraction of sp³-hybridized carbons (Fsp3) is 0.818. The maximum atomic E-state index is 11.7. The van der Waals surface area contributed by atoms with E-state index in [4.69, 9.17) is 24.1 Å². The van der Waals surface area contributed by atoms with E-state index in [0.29, 0.717) is 78.9 Å². The van der Waals surface area contributed by atoms with Gasteiger partial charge in [0.25, 0.3) is 0 Å². The van der Waals surface area contributed by atoms with Crippen LogP contribution in [0.5, 0.6) is 0 Å². The van der Waals surface area contributed by atoms with Gasteiger partial charge < -0.3 is 40.0 Å². The highest BCUT2D eigenvalue weighted by molar-refractivity contribution is 9.09. The van der Waals surface area contributed by atoms with Gasteiger partial charge in [0.15, 0.2) is 0 Å². The fourth-order valence-corrected chi connectivity index (χ4v) is 2.73. The van der Waals surface area contributed by atoms with Crippen molar-refractivity contribution in [3.63, 3.8) is 0 Å². The Morgan fingerprint density at radius 1 is 0.543 bits per heavy atom. The molecular formula is C22H40BrN3O9. The van der Waals surface area contributed by atoms with Crippen molar-refractivity contribution in [3.05, 3.63) is 0 Å². The number of unbranched alkanes of at least 4 members (excludes halogenated alkanes) is 2. The molecule has 3 amide bonds. The maximum Gasteiger partial charge on any atom is 0.303 e. The molecule has 0 saturated heterocycles. The third kappa shape index (κ3) is 26.6. The van der Waals surface area contributed by atoms with Gasteiger partial charge in [-0.15, -0.1) is 0 Å². The summed E-state index contributed by atoms with van der Waals surface area (Å²) in [5, 5.41) is 17.0. The number of alkyl halides is 1. The van der Waals surface area contributed by atoms with Crippen molar-refractivity contribution in [1.82, 2.24) is 16.0 Å². The molecule has 0 aromatic heterocycles. The molecule has 0 heterocycles. The molecule has 0 aliphatic rings. The number of carbonyl (C=O) groups excluding carboxylic acids is 3. The van der Waals surface area contributed by atoms with E-state index in [1.54, 1.807) is 0 Å². The van der Waals surface area contributed by atoms with E-state index in [0.717, 1.165) is 12.8 Å². The largest absolute Gasteiger partial charge is 0.481 e. The second-order valence-corrected chi connectivity index (χ2v) is 7.90. The topological polar surface area (TPSA) is 162 Å². The number of hydrogen-bond acceptors (Lipinski definition) is 8. The number of ether oxygens (including phenoxy) is 4. The summed E-state index contributed by atoms with van der Waals surface area (Å²) in [4.78, 5) is 44.7. The van der Waals surface area contributed by atoms with Crippen molar-refractivity contribution in [1.29, 1.82) is 0 Å². The predicted octanol–water partition coefficient (Wildman–Crippen LogP) is 0.222. The molecule has 0 atom stereocenters. The summed E-state index contributed by atoms with van der Waals surface area (Å²) in [6, 6.07) is 0. The average Bonchev–Trinajstić information content (AvgIpc) is 2.83. The highest BCUT2D eigenvalue weighted by Crippen LogP contribution is 1.98. The SMILES string of the molecule is O=C(O)CCCCCNC(=O)CCOCCOCCNC(=O)CCOCCOCCNC(=O)CBr. The first-order chi connectivity index (χ1) is 17.0. The van der Waals surface area contributed by atoms with Gasteiger partial charge in [-0.05, 0) is 12.8 Å². The lowest BCUT2D eigenvalue weighted by atomic mass is 10.2. The molecule has 0 aromatic carbocycles. The van der Waals surface area contributed by atoms with Crippen LogP contribution in [0.15, 0.2) is 0 Å². The van der Waals surface area contributed by atoms with E-state index >= 15 is 0 Å². The van der Waals surface area contributed by atoms with E-state index in [1.807, 2.05) is 0 Å². The molecule has 35 heavy (non-hydrogen) atoms. The van der Waals surface area contributed by atoms with Crippen LogP contribution in [-0.4, -0.2) is 107 Å². The number of hydrogen-bond donors (Lipinski definition) is 4. The molecule has 0 rings (SSSR count). The number of carboxylic acid groups (broad SMARTS) is 1. The molecule has 0 unspecified atom stereocenters. The van der Waals surface area contributed by atoms with Gasteiger partial charge >= 0.3 is 5.97 Å². The average molecular weight is 570 g/mol. The Hall–Kier alpha value is -1.80. The molecule has 0 aliphatic carbocycles. The lowest BCUT2D eigenvalue weighted by Crippen LogP contribution is -2.29. The minimum atomic E-state index is -0.800. The second-order valence-electron chi connectivity index (χ2n) is 7.34. The zero-order valence-corrected chi connectivity index (χ0v) is 21.9. The Labute approximate surface area is 215 Å². The minimum absolute atomic E-state index is 0.0906. The molecule has 4 N–H and O–H groups in total. The Bertz CT molecular complexity index is 582. The highest BCUT2D eigenvalue weighted by Gasteiger charge is 2.03. The predicted molar refractivity (Wildman–Crippen MR) is 131 cm³/mol. The summed E-state index contributed by atoms with van der Waals surface area (Å²) in [5.41, 5.74) is 0.